The third-order valence-corrected chi connectivity index (χ3v) is 3.05. The lowest BCUT2D eigenvalue weighted by Gasteiger charge is -2.07. The van der Waals surface area contributed by atoms with Crippen LogP contribution in [0.3, 0.4) is 0 Å². The van der Waals surface area contributed by atoms with Crippen LogP contribution in [0.2, 0.25) is 0 Å². The van der Waals surface area contributed by atoms with Crippen molar-refractivity contribution in [2.45, 2.75) is 13.1 Å². The van der Waals surface area contributed by atoms with Crippen LogP contribution in [-0.2, 0) is 4.84 Å². The average Bonchev–Trinajstić information content (AvgIpc) is 2.98. The van der Waals surface area contributed by atoms with Crippen molar-refractivity contribution in [2.24, 2.45) is 4.99 Å². The molecule has 1 aliphatic heterocycles. The van der Waals surface area contributed by atoms with Gasteiger partial charge in [-0.15, -0.1) is 5.48 Å². The normalized spacial score (nSPS) is 17.2. The lowest BCUT2D eigenvalue weighted by atomic mass is 10.2. The van der Waals surface area contributed by atoms with E-state index in [0.29, 0.717) is 23.8 Å². The zero-order valence-corrected chi connectivity index (χ0v) is 11.5. The largest absolute Gasteiger partial charge is 0.507 e. The van der Waals surface area contributed by atoms with Crippen molar-refractivity contribution in [3.8, 4) is 11.5 Å². The van der Waals surface area contributed by atoms with E-state index in [1.807, 2.05) is 19.1 Å². The Bertz CT molecular complexity index is 658. The van der Waals surface area contributed by atoms with Crippen LogP contribution in [0.1, 0.15) is 24.2 Å². The molecule has 2 aromatic rings. The molecule has 6 nitrogen and oxygen atoms in total. The lowest BCUT2D eigenvalue weighted by Crippen LogP contribution is -2.14. The van der Waals surface area contributed by atoms with E-state index in [0.717, 1.165) is 5.56 Å². The molecule has 0 spiro atoms. The Morgan fingerprint density at radius 3 is 2.81 bits per heavy atom. The fourth-order valence-electron chi connectivity index (χ4n) is 2.04. The Hall–Kier alpha value is -2.60. The predicted molar refractivity (Wildman–Crippen MR) is 77.0 cm³/mol. The number of phenols is 1. The number of aromatic nitrogens is 1. The summed E-state index contributed by atoms with van der Waals surface area (Å²) >= 11 is 0. The van der Waals surface area contributed by atoms with Gasteiger partial charge in [0.25, 0.3) is 0 Å². The molecule has 1 atom stereocenters. The first kappa shape index (κ1) is 13.4. The summed E-state index contributed by atoms with van der Waals surface area (Å²) in [5, 5.41) is 10.1. The van der Waals surface area contributed by atoms with Crippen LogP contribution in [0.15, 0.2) is 47.7 Å². The van der Waals surface area contributed by atoms with E-state index >= 15 is 0 Å². The van der Waals surface area contributed by atoms with Crippen molar-refractivity contribution in [1.82, 2.24) is 10.5 Å². The first-order valence-corrected chi connectivity index (χ1v) is 6.64. The number of nitrogens with zero attached hydrogens (tertiary/aromatic N) is 2. The SMILES string of the molecule is CCOc1ccc(C2=NC(c3ccncc3)NO2)c(O)c1. The smallest absolute Gasteiger partial charge is 0.246 e. The number of hydroxylamine groups is 1. The van der Waals surface area contributed by atoms with Gasteiger partial charge in [-0.3, -0.25) is 4.98 Å². The average molecular weight is 285 g/mol. The van der Waals surface area contributed by atoms with Crippen LogP contribution < -0.4 is 10.2 Å². The van der Waals surface area contributed by atoms with E-state index in [2.05, 4.69) is 15.5 Å². The summed E-state index contributed by atoms with van der Waals surface area (Å²) in [4.78, 5) is 13.7. The molecule has 0 aliphatic carbocycles. The van der Waals surface area contributed by atoms with E-state index in [-0.39, 0.29) is 11.9 Å². The quantitative estimate of drug-likeness (QED) is 0.900. The highest BCUT2D eigenvalue weighted by atomic mass is 16.7. The third-order valence-electron chi connectivity index (χ3n) is 3.05. The second-order valence-corrected chi connectivity index (χ2v) is 4.45. The van der Waals surface area contributed by atoms with Crippen molar-refractivity contribution in [2.75, 3.05) is 6.61 Å². The number of hydrogen-bond donors (Lipinski definition) is 2. The zero-order valence-electron chi connectivity index (χ0n) is 11.5. The van der Waals surface area contributed by atoms with Gasteiger partial charge in [0.05, 0.1) is 12.2 Å². The number of benzene rings is 1. The minimum atomic E-state index is -0.311. The van der Waals surface area contributed by atoms with E-state index in [9.17, 15) is 5.11 Å². The fraction of sp³-hybridized carbons (Fsp3) is 0.200. The van der Waals surface area contributed by atoms with Gasteiger partial charge in [0, 0.05) is 18.5 Å². The highest BCUT2D eigenvalue weighted by molar-refractivity contribution is 5.97. The van der Waals surface area contributed by atoms with Crippen LogP contribution in [0.5, 0.6) is 11.5 Å². The first-order valence-electron chi connectivity index (χ1n) is 6.64. The second kappa shape index (κ2) is 5.80. The standard InChI is InChI=1S/C15H15N3O3/c1-2-20-11-3-4-12(13(19)9-11)15-17-14(18-21-15)10-5-7-16-8-6-10/h3-9,14,18-19H,2H2,1H3. The molecule has 0 fully saturated rings. The number of nitrogens with one attached hydrogen (secondary N) is 1. The first-order chi connectivity index (χ1) is 10.3. The minimum Gasteiger partial charge on any atom is -0.507 e. The Kier molecular flexibility index (Phi) is 3.70. The van der Waals surface area contributed by atoms with Crippen LogP contribution in [0, 0.1) is 0 Å². The molecule has 108 valence electrons. The minimum absolute atomic E-state index is 0.0666. The van der Waals surface area contributed by atoms with Crippen LogP contribution in [-0.4, -0.2) is 22.6 Å². The Labute approximate surface area is 122 Å². The summed E-state index contributed by atoms with van der Waals surface area (Å²) in [6, 6.07) is 8.74. The summed E-state index contributed by atoms with van der Waals surface area (Å²) in [6.45, 7) is 2.43. The molecule has 0 radical (unpaired) electrons. The van der Waals surface area contributed by atoms with Crippen molar-refractivity contribution in [1.29, 1.82) is 0 Å². The lowest BCUT2D eigenvalue weighted by molar-refractivity contribution is 0.180. The highest BCUT2D eigenvalue weighted by Crippen LogP contribution is 2.28. The molecule has 21 heavy (non-hydrogen) atoms. The Morgan fingerprint density at radius 1 is 1.29 bits per heavy atom. The summed E-state index contributed by atoms with van der Waals surface area (Å²) in [6.07, 6.45) is 3.08. The van der Waals surface area contributed by atoms with Gasteiger partial charge in [-0.05, 0) is 36.8 Å². The number of phenolic OH excluding ortho intramolecular Hbond substituents is 1. The van der Waals surface area contributed by atoms with Crippen LogP contribution >= 0.6 is 0 Å². The van der Waals surface area contributed by atoms with E-state index in [1.54, 1.807) is 30.6 Å². The molecule has 2 N–H and O–H groups in total. The second-order valence-electron chi connectivity index (χ2n) is 4.45. The Balaban J connectivity index is 1.85. The van der Waals surface area contributed by atoms with Crippen LogP contribution in [0.25, 0.3) is 0 Å². The van der Waals surface area contributed by atoms with Crippen molar-refractivity contribution < 1.29 is 14.7 Å². The van der Waals surface area contributed by atoms with E-state index in [1.165, 1.54) is 0 Å². The molecular formula is C15H15N3O3. The predicted octanol–water partition coefficient (Wildman–Crippen LogP) is 2.17. The van der Waals surface area contributed by atoms with Gasteiger partial charge in [0.2, 0.25) is 5.90 Å². The van der Waals surface area contributed by atoms with Gasteiger partial charge in [0.15, 0.2) is 6.17 Å². The maximum absolute atomic E-state index is 10.1. The molecule has 0 bridgehead atoms. The molecule has 0 saturated heterocycles. The van der Waals surface area contributed by atoms with Gasteiger partial charge < -0.3 is 14.7 Å². The maximum atomic E-state index is 10.1. The molecular weight excluding hydrogens is 270 g/mol. The molecule has 1 aliphatic rings. The molecule has 0 saturated carbocycles. The molecule has 6 heteroatoms. The Morgan fingerprint density at radius 2 is 2.10 bits per heavy atom. The van der Waals surface area contributed by atoms with Gasteiger partial charge in [-0.2, -0.15) is 0 Å². The molecule has 1 aromatic heterocycles. The molecule has 2 heterocycles. The van der Waals surface area contributed by atoms with Crippen molar-refractivity contribution in [3.05, 3.63) is 53.9 Å². The van der Waals surface area contributed by atoms with Gasteiger partial charge in [-0.25, -0.2) is 4.99 Å². The summed E-state index contributed by atoms with van der Waals surface area (Å²) in [5.41, 5.74) is 4.27. The molecule has 1 unspecified atom stereocenters. The van der Waals surface area contributed by atoms with Crippen molar-refractivity contribution in [3.63, 3.8) is 0 Å². The third kappa shape index (κ3) is 2.80. The number of hydrogen-bond acceptors (Lipinski definition) is 6. The van der Waals surface area contributed by atoms with E-state index in [4.69, 9.17) is 9.57 Å². The number of rotatable bonds is 4. The van der Waals surface area contributed by atoms with Gasteiger partial charge in [0.1, 0.15) is 11.5 Å². The van der Waals surface area contributed by atoms with Gasteiger partial charge >= 0.3 is 0 Å². The number of ether oxygens (including phenoxy) is 1. The zero-order chi connectivity index (χ0) is 14.7. The molecule has 0 amide bonds. The summed E-state index contributed by atoms with van der Waals surface area (Å²) < 4.78 is 5.33. The van der Waals surface area contributed by atoms with E-state index < -0.39 is 0 Å². The maximum Gasteiger partial charge on any atom is 0.246 e. The summed E-state index contributed by atoms with van der Waals surface area (Å²) in [7, 11) is 0. The van der Waals surface area contributed by atoms with Crippen LogP contribution in [0.4, 0.5) is 0 Å². The number of aromatic hydroxyl groups is 1. The molecule has 1 aromatic carbocycles. The summed E-state index contributed by atoms with van der Waals surface area (Å²) in [5.74, 6) is 1.02. The monoisotopic (exact) mass is 285 g/mol. The topological polar surface area (TPSA) is 76.0 Å². The number of pyridine rings is 1. The van der Waals surface area contributed by atoms with Gasteiger partial charge in [-0.1, -0.05) is 0 Å². The van der Waals surface area contributed by atoms with Crippen molar-refractivity contribution >= 4 is 5.90 Å². The number of aliphatic imine (C=N–C) groups is 1. The fourth-order valence-corrected chi connectivity index (χ4v) is 2.04. The molecule has 3 rings (SSSR count). The highest BCUT2D eigenvalue weighted by Gasteiger charge is 2.23.